The summed E-state index contributed by atoms with van der Waals surface area (Å²) in [5.74, 6) is 0.426. The van der Waals surface area contributed by atoms with Crippen molar-refractivity contribution < 1.29 is 0 Å². The highest BCUT2D eigenvalue weighted by Crippen LogP contribution is 2.40. The fourth-order valence-corrected chi connectivity index (χ4v) is 5.51. The second kappa shape index (κ2) is 10.3. The van der Waals surface area contributed by atoms with E-state index in [2.05, 4.69) is 54.7 Å². The molecule has 1 unspecified atom stereocenters. The molecule has 10 heteroatoms. The van der Waals surface area contributed by atoms with Gasteiger partial charge < -0.3 is 16.0 Å². The molecule has 0 bridgehead atoms. The van der Waals surface area contributed by atoms with Crippen molar-refractivity contribution in [1.82, 2.24) is 34.8 Å². The van der Waals surface area contributed by atoms with Crippen LogP contribution in [0, 0.1) is 5.41 Å². The number of benzene rings is 1. The third kappa shape index (κ3) is 4.51. The smallest absolute Gasteiger partial charge is 0.227 e. The Morgan fingerprint density at radius 2 is 1.97 bits per heavy atom. The molecule has 10 nitrogen and oxygen atoms in total. The van der Waals surface area contributed by atoms with Crippen LogP contribution in [-0.2, 0) is 19.9 Å². The molecule has 1 saturated heterocycles. The lowest BCUT2D eigenvalue weighted by Gasteiger charge is -2.22. The van der Waals surface area contributed by atoms with Crippen LogP contribution in [0.2, 0.25) is 0 Å². The fourth-order valence-electron chi connectivity index (χ4n) is 5.51. The maximum Gasteiger partial charge on any atom is 0.227 e. The van der Waals surface area contributed by atoms with Gasteiger partial charge in [-0.05, 0) is 49.9 Å². The molecule has 0 amide bonds. The highest BCUT2D eigenvalue weighted by Gasteiger charge is 2.27. The summed E-state index contributed by atoms with van der Waals surface area (Å²) in [5.41, 5.74) is 8.19. The number of hydrogen-bond donors (Lipinski definition) is 3. The van der Waals surface area contributed by atoms with Gasteiger partial charge in [0.25, 0.3) is 0 Å². The lowest BCUT2D eigenvalue weighted by molar-refractivity contribution is 0.343. The molecular weight excluding hydrogens is 476 g/mol. The zero-order chi connectivity index (χ0) is 26.1. The van der Waals surface area contributed by atoms with Gasteiger partial charge >= 0.3 is 0 Å². The topological polar surface area (TPSA) is 122 Å². The summed E-state index contributed by atoms with van der Waals surface area (Å²) >= 11 is 0. The number of aryl methyl sites for hydroxylation is 3. The van der Waals surface area contributed by atoms with Gasteiger partial charge in [0, 0.05) is 50.0 Å². The van der Waals surface area contributed by atoms with Gasteiger partial charge in [-0.3, -0.25) is 14.4 Å². The van der Waals surface area contributed by atoms with Crippen LogP contribution in [-0.4, -0.2) is 62.1 Å². The third-order valence-electron chi connectivity index (χ3n) is 7.45. The van der Waals surface area contributed by atoms with E-state index in [0.717, 1.165) is 83.8 Å². The number of fused-ring (bicyclic) bond motifs is 3. The van der Waals surface area contributed by atoms with E-state index in [0.29, 0.717) is 12.0 Å². The minimum atomic E-state index is -0.129. The van der Waals surface area contributed by atoms with Crippen LogP contribution in [0.3, 0.4) is 0 Å². The van der Waals surface area contributed by atoms with E-state index < -0.39 is 0 Å². The van der Waals surface area contributed by atoms with E-state index in [-0.39, 0.29) is 5.92 Å². The van der Waals surface area contributed by atoms with Crippen molar-refractivity contribution in [3.05, 3.63) is 59.7 Å². The van der Waals surface area contributed by atoms with Crippen LogP contribution < -0.4 is 10.6 Å². The Bertz CT molecular complexity index is 1470. The summed E-state index contributed by atoms with van der Waals surface area (Å²) in [6.07, 6.45) is 12.9. The fraction of sp³-hybridized carbons (Fsp3) is 0.357. The van der Waals surface area contributed by atoms with Crippen LogP contribution >= 0.6 is 0 Å². The van der Waals surface area contributed by atoms with E-state index >= 15 is 0 Å². The number of nitrogens with one attached hydrogen (secondary N) is 3. The molecular formula is C28H32N10. The number of piperidine rings is 1. The monoisotopic (exact) mass is 508 g/mol. The lowest BCUT2D eigenvalue weighted by Crippen LogP contribution is -2.29. The quantitative estimate of drug-likeness (QED) is 0.325. The third-order valence-corrected chi connectivity index (χ3v) is 7.45. The molecule has 3 aromatic heterocycles. The second-order valence-electron chi connectivity index (χ2n) is 9.90. The van der Waals surface area contributed by atoms with Gasteiger partial charge in [0.1, 0.15) is 0 Å². The average Bonchev–Trinajstić information content (AvgIpc) is 3.56. The van der Waals surface area contributed by atoms with Gasteiger partial charge in [0.15, 0.2) is 0 Å². The first-order valence-electron chi connectivity index (χ1n) is 13.1. The van der Waals surface area contributed by atoms with E-state index in [4.69, 9.17) is 15.5 Å². The molecule has 4 aromatic rings. The van der Waals surface area contributed by atoms with Crippen molar-refractivity contribution in [3.8, 4) is 22.5 Å². The van der Waals surface area contributed by atoms with Crippen LogP contribution in [0.1, 0.15) is 41.6 Å². The SMILES string of the molecule is CN=CC(C=N)c1ccc(-c2c3c(nn2C)CCc2cnc(Nc4cnn(C5CCNCC5)c4)nc2-3)cc1. The highest BCUT2D eigenvalue weighted by atomic mass is 15.3. The number of aliphatic imine (C=N–C) groups is 1. The predicted molar refractivity (Wildman–Crippen MR) is 150 cm³/mol. The maximum atomic E-state index is 7.73. The minimum absolute atomic E-state index is 0.129. The summed E-state index contributed by atoms with van der Waals surface area (Å²) in [6.45, 7) is 2.05. The number of nitrogens with zero attached hydrogens (tertiary/aromatic N) is 7. The minimum Gasteiger partial charge on any atom is -0.321 e. The van der Waals surface area contributed by atoms with E-state index in [1.807, 2.05) is 30.3 Å². The summed E-state index contributed by atoms with van der Waals surface area (Å²) in [4.78, 5) is 13.7. The van der Waals surface area contributed by atoms with Crippen molar-refractivity contribution in [3.63, 3.8) is 0 Å². The van der Waals surface area contributed by atoms with Crippen molar-refractivity contribution in [2.45, 2.75) is 37.6 Å². The molecule has 38 heavy (non-hydrogen) atoms. The summed E-state index contributed by atoms with van der Waals surface area (Å²) in [7, 11) is 3.72. The molecule has 6 rings (SSSR count). The normalized spacial score (nSPS) is 16.3. The lowest BCUT2D eigenvalue weighted by atomic mass is 9.91. The molecule has 2 aliphatic rings. The Balaban J connectivity index is 1.31. The number of hydrogen-bond acceptors (Lipinski definition) is 8. The Morgan fingerprint density at radius 3 is 2.74 bits per heavy atom. The summed E-state index contributed by atoms with van der Waals surface area (Å²) < 4.78 is 4.01. The van der Waals surface area contributed by atoms with Gasteiger partial charge in [0.05, 0.1) is 40.9 Å². The predicted octanol–water partition coefficient (Wildman–Crippen LogP) is 3.94. The molecule has 0 spiro atoms. The van der Waals surface area contributed by atoms with Gasteiger partial charge in [0.2, 0.25) is 5.95 Å². The average molecular weight is 509 g/mol. The first-order valence-corrected chi connectivity index (χ1v) is 13.1. The second-order valence-corrected chi connectivity index (χ2v) is 9.90. The molecule has 1 atom stereocenters. The Labute approximate surface area is 221 Å². The van der Waals surface area contributed by atoms with Gasteiger partial charge in [-0.15, -0.1) is 0 Å². The first kappa shape index (κ1) is 24.2. The van der Waals surface area contributed by atoms with Crippen molar-refractivity contribution in [2.75, 3.05) is 25.5 Å². The largest absolute Gasteiger partial charge is 0.321 e. The Hall–Kier alpha value is -4.18. The van der Waals surface area contributed by atoms with Crippen LogP contribution in [0.15, 0.2) is 47.8 Å². The first-order chi connectivity index (χ1) is 18.6. The zero-order valence-corrected chi connectivity index (χ0v) is 21.7. The van der Waals surface area contributed by atoms with Gasteiger partial charge in [-0.25, -0.2) is 9.97 Å². The standard InChI is InChI=1S/C28H32N10/c1-30-14-21(13-29)18-3-5-19(6-4-18)27-25-24(36-37(27)2)8-7-20-15-32-28(35-26(20)25)34-22-16-33-38(17-22)23-9-11-31-12-10-23/h3-6,13-17,21,23,29,31H,7-12H2,1-2H3,(H,32,34,35). The number of anilines is 2. The van der Waals surface area contributed by atoms with Crippen LogP contribution in [0.5, 0.6) is 0 Å². The molecule has 1 aliphatic heterocycles. The zero-order valence-electron chi connectivity index (χ0n) is 21.7. The maximum absolute atomic E-state index is 7.73. The van der Waals surface area contributed by atoms with Crippen LogP contribution in [0.25, 0.3) is 22.5 Å². The molecule has 3 N–H and O–H groups in total. The molecule has 194 valence electrons. The van der Waals surface area contributed by atoms with Crippen molar-refractivity contribution in [2.24, 2.45) is 12.0 Å². The van der Waals surface area contributed by atoms with Gasteiger partial charge in [-0.2, -0.15) is 10.2 Å². The Morgan fingerprint density at radius 1 is 1.16 bits per heavy atom. The van der Waals surface area contributed by atoms with Crippen molar-refractivity contribution >= 4 is 24.1 Å². The Kier molecular flexibility index (Phi) is 6.55. The summed E-state index contributed by atoms with van der Waals surface area (Å²) in [6, 6.07) is 8.73. The molecule has 0 radical (unpaired) electrons. The molecule has 4 heterocycles. The number of aromatic nitrogens is 6. The number of rotatable bonds is 7. The summed E-state index contributed by atoms with van der Waals surface area (Å²) in [5, 5.41) is 23.9. The molecule has 0 saturated carbocycles. The molecule has 1 aromatic carbocycles. The molecule has 1 aliphatic carbocycles. The van der Waals surface area contributed by atoms with E-state index in [9.17, 15) is 0 Å². The van der Waals surface area contributed by atoms with E-state index in [1.54, 1.807) is 13.3 Å². The van der Waals surface area contributed by atoms with Crippen LogP contribution in [0.4, 0.5) is 11.6 Å². The van der Waals surface area contributed by atoms with Crippen molar-refractivity contribution in [1.29, 1.82) is 5.41 Å². The van der Waals surface area contributed by atoms with E-state index in [1.165, 1.54) is 6.21 Å². The van der Waals surface area contributed by atoms with Gasteiger partial charge in [-0.1, -0.05) is 24.3 Å². The highest BCUT2D eigenvalue weighted by molar-refractivity contribution is 5.89. The molecule has 1 fully saturated rings.